The molecule has 92 valence electrons. The van der Waals surface area contributed by atoms with Gasteiger partial charge in [-0.25, -0.2) is 9.97 Å². The number of aromatic nitrogens is 2. The van der Waals surface area contributed by atoms with Crippen molar-refractivity contribution in [3.63, 3.8) is 0 Å². The molecule has 18 heavy (non-hydrogen) atoms. The van der Waals surface area contributed by atoms with Gasteiger partial charge in [0.25, 0.3) is 0 Å². The second-order valence-electron chi connectivity index (χ2n) is 4.17. The van der Waals surface area contributed by atoms with Gasteiger partial charge in [-0.1, -0.05) is 6.07 Å². The Balaban J connectivity index is 2.21. The number of nitrogens with zero attached hydrogens (tertiary/aromatic N) is 4. The fourth-order valence-electron chi connectivity index (χ4n) is 1.63. The standard InChI is InChI=1S/C13H14N4S/c1-10(2)17(9-12-4-3-5-18-12)13-8-15-11(6-14)7-16-13/h3-5,7-8,10H,9H2,1-2H3. The van der Waals surface area contributed by atoms with Crippen molar-refractivity contribution in [3.8, 4) is 6.07 Å². The third kappa shape index (κ3) is 2.84. The summed E-state index contributed by atoms with van der Waals surface area (Å²) >= 11 is 1.73. The van der Waals surface area contributed by atoms with Crippen LogP contribution in [0, 0.1) is 11.3 Å². The average molecular weight is 258 g/mol. The molecule has 5 heteroatoms. The van der Waals surface area contributed by atoms with Gasteiger partial charge in [0, 0.05) is 10.9 Å². The summed E-state index contributed by atoms with van der Waals surface area (Å²) in [6.07, 6.45) is 3.17. The van der Waals surface area contributed by atoms with Crippen LogP contribution >= 0.6 is 11.3 Å². The third-order valence-corrected chi connectivity index (χ3v) is 3.44. The Labute approximate surface area is 111 Å². The first-order valence-corrected chi connectivity index (χ1v) is 6.60. The van der Waals surface area contributed by atoms with E-state index in [1.807, 2.05) is 12.1 Å². The van der Waals surface area contributed by atoms with Crippen molar-refractivity contribution in [1.29, 1.82) is 5.26 Å². The van der Waals surface area contributed by atoms with Crippen LogP contribution in [0.3, 0.4) is 0 Å². The monoisotopic (exact) mass is 258 g/mol. The van der Waals surface area contributed by atoms with Crippen LogP contribution in [0.5, 0.6) is 0 Å². The molecule has 4 nitrogen and oxygen atoms in total. The molecular formula is C13H14N4S. The van der Waals surface area contributed by atoms with Crippen molar-refractivity contribution in [1.82, 2.24) is 9.97 Å². The fraction of sp³-hybridized carbons (Fsp3) is 0.308. The average Bonchev–Trinajstić information content (AvgIpc) is 2.89. The highest BCUT2D eigenvalue weighted by Crippen LogP contribution is 2.19. The molecule has 0 aliphatic rings. The fourth-order valence-corrected chi connectivity index (χ4v) is 2.33. The molecule has 0 fully saturated rings. The zero-order chi connectivity index (χ0) is 13.0. The summed E-state index contributed by atoms with van der Waals surface area (Å²) in [7, 11) is 0. The van der Waals surface area contributed by atoms with Crippen LogP contribution in [0.2, 0.25) is 0 Å². The maximum absolute atomic E-state index is 8.72. The smallest absolute Gasteiger partial charge is 0.158 e. The van der Waals surface area contributed by atoms with E-state index in [0.29, 0.717) is 11.7 Å². The van der Waals surface area contributed by atoms with Crippen LogP contribution in [0.15, 0.2) is 29.9 Å². The SMILES string of the molecule is CC(C)N(Cc1cccs1)c1cnc(C#N)cn1. The molecule has 0 aliphatic carbocycles. The molecule has 0 unspecified atom stereocenters. The first-order valence-electron chi connectivity index (χ1n) is 5.72. The maximum atomic E-state index is 8.72. The molecule has 2 aromatic heterocycles. The lowest BCUT2D eigenvalue weighted by molar-refractivity contribution is 0.675. The molecule has 0 atom stereocenters. The summed E-state index contributed by atoms with van der Waals surface area (Å²) in [4.78, 5) is 11.8. The Morgan fingerprint density at radius 3 is 2.72 bits per heavy atom. The van der Waals surface area contributed by atoms with Gasteiger partial charge < -0.3 is 4.90 Å². The van der Waals surface area contributed by atoms with Gasteiger partial charge in [-0.05, 0) is 25.3 Å². The minimum atomic E-state index is 0.328. The van der Waals surface area contributed by atoms with Crippen LogP contribution in [0.25, 0.3) is 0 Å². The van der Waals surface area contributed by atoms with E-state index in [-0.39, 0.29) is 0 Å². The summed E-state index contributed by atoms with van der Waals surface area (Å²) in [5.74, 6) is 0.803. The van der Waals surface area contributed by atoms with Crippen LogP contribution in [-0.2, 0) is 6.54 Å². The molecule has 0 spiro atoms. The number of hydrogen-bond donors (Lipinski definition) is 0. The summed E-state index contributed by atoms with van der Waals surface area (Å²) in [5, 5.41) is 10.8. The molecular weight excluding hydrogens is 244 g/mol. The number of thiophene rings is 1. The van der Waals surface area contributed by atoms with E-state index < -0.39 is 0 Å². The van der Waals surface area contributed by atoms with E-state index in [0.717, 1.165) is 12.4 Å². The largest absolute Gasteiger partial charge is 0.348 e. The summed E-state index contributed by atoms with van der Waals surface area (Å²) < 4.78 is 0. The minimum Gasteiger partial charge on any atom is -0.348 e. The summed E-state index contributed by atoms with van der Waals surface area (Å²) in [6.45, 7) is 5.05. The lowest BCUT2D eigenvalue weighted by Gasteiger charge is -2.26. The van der Waals surface area contributed by atoms with Crippen molar-refractivity contribution >= 4 is 17.2 Å². The summed E-state index contributed by atoms with van der Waals surface area (Å²) in [5.41, 5.74) is 0.346. The Hall–Kier alpha value is -1.93. The van der Waals surface area contributed by atoms with Gasteiger partial charge in [0.15, 0.2) is 5.69 Å². The van der Waals surface area contributed by atoms with Crippen molar-refractivity contribution in [2.75, 3.05) is 4.90 Å². The maximum Gasteiger partial charge on any atom is 0.158 e. The van der Waals surface area contributed by atoms with Crippen molar-refractivity contribution < 1.29 is 0 Å². The Bertz CT molecular complexity index is 525. The van der Waals surface area contributed by atoms with Gasteiger partial charge >= 0.3 is 0 Å². The molecule has 0 bridgehead atoms. The minimum absolute atomic E-state index is 0.328. The van der Waals surface area contributed by atoms with Crippen molar-refractivity contribution in [2.45, 2.75) is 26.4 Å². The molecule has 0 amide bonds. The second-order valence-corrected chi connectivity index (χ2v) is 5.20. The lowest BCUT2D eigenvalue weighted by Crippen LogP contribution is -2.30. The molecule has 0 N–H and O–H groups in total. The highest BCUT2D eigenvalue weighted by atomic mass is 32.1. The van der Waals surface area contributed by atoms with E-state index in [1.54, 1.807) is 17.5 Å². The Morgan fingerprint density at radius 2 is 2.22 bits per heavy atom. The molecule has 0 aromatic carbocycles. The quantitative estimate of drug-likeness (QED) is 0.846. The Morgan fingerprint density at radius 1 is 1.39 bits per heavy atom. The van der Waals surface area contributed by atoms with E-state index >= 15 is 0 Å². The van der Waals surface area contributed by atoms with E-state index in [9.17, 15) is 0 Å². The molecule has 0 radical (unpaired) electrons. The van der Waals surface area contributed by atoms with Crippen molar-refractivity contribution in [2.24, 2.45) is 0 Å². The molecule has 0 saturated carbocycles. The zero-order valence-electron chi connectivity index (χ0n) is 10.4. The van der Waals surface area contributed by atoms with E-state index in [1.165, 1.54) is 11.1 Å². The van der Waals surface area contributed by atoms with E-state index in [2.05, 4.69) is 40.2 Å². The van der Waals surface area contributed by atoms with Crippen LogP contribution in [0.4, 0.5) is 5.82 Å². The highest BCUT2D eigenvalue weighted by molar-refractivity contribution is 7.09. The van der Waals surface area contributed by atoms with Crippen molar-refractivity contribution in [3.05, 3.63) is 40.5 Å². The van der Waals surface area contributed by atoms with Crippen LogP contribution in [-0.4, -0.2) is 16.0 Å². The summed E-state index contributed by atoms with van der Waals surface area (Å²) in [6, 6.07) is 6.46. The predicted octanol–water partition coefficient (Wildman–Crippen LogP) is 2.82. The van der Waals surface area contributed by atoms with Gasteiger partial charge in [-0.2, -0.15) is 5.26 Å². The van der Waals surface area contributed by atoms with Crippen LogP contribution < -0.4 is 4.90 Å². The molecule has 2 rings (SSSR count). The van der Waals surface area contributed by atoms with Gasteiger partial charge in [0.2, 0.25) is 0 Å². The second kappa shape index (κ2) is 5.61. The molecule has 2 aromatic rings. The van der Waals surface area contributed by atoms with E-state index in [4.69, 9.17) is 5.26 Å². The van der Waals surface area contributed by atoms with Gasteiger partial charge in [0.1, 0.15) is 11.9 Å². The Kier molecular flexibility index (Phi) is 3.90. The topological polar surface area (TPSA) is 52.8 Å². The highest BCUT2D eigenvalue weighted by Gasteiger charge is 2.13. The first-order chi connectivity index (χ1) is 8.70. The number of hydrogen-bond acceptors (Lipinski definition) is 5. The van der Waals surface area contributed by atoms with Gasteiger partial charge in [-0.15, -0.1) is 11.3 Å². The third-order valence-electron chi connectivity index (χ3n) is 2.58. The van der Waals surface area contributed by atoms with Crippen LogP contribution in [0.1, 0.15) is 24.4 Å². The molecule has 2 heterocycles. The normalized spacial score (nSPS) is 10.3. The predicted molar refractivity (Wildman–Crippen MR) is 72.4 cm³/mol. The zero-order valence-corrected chi connectivity index (χ0v) is 11.2. The van der Waals surface area contributed by atoms with Gasteiger partial charge in [-0.3, -0.25) is 0 Å². The van der Waals surface area contributed by atoms with Gasteiger partial charge in [0.05, 0.1) is 18.9 Å². The number of rotatable bonds is 4. The first kappa shape index (κ1) is 12.5. The molecule has 0 saturated heterocycles. The number of anilines is 1. The lowest BCUT2D eigenvalue weighted by atomic mass is 10.3. The molecule has 0 aliphatic heterocycles. The number of nitriles is 1.